The van der Waals surface area contributed by atoms with Crippen molar-refractivity contribution in [3.8, 4) is 11.3 Å². The fourth-order valence-corrected chi connectivity index (χ4v) is 5.99. The molecule has 282 valence electrons. The third-order valence-electron chi connectivity index (χ3n) is 6.87. The summed E-state index contributed by atoms with van der Waals surface area (Å²) >= 11 is 6.68. The SMILES string of the molecule is C.C.CN(C)C(=O)n1cc(-c2cnco2)c2cc(Br)cnc21.CN(C)C(=O)n1cc(C=O)c2cc(Br)cnc21.[2H][B].[C-]#[N+]CS(=O)(=O)c1ccc(C)cc1.[U]. The molecule has 0 saturated heterocycles. The quantitative estimate of drug-likeness (QED) is 0.0998. The summed E-state index contributed by atoms with van der Waals surface area (Å²) in [5, 5.41) is 1.48. The van der Waals surface area contributed by atoms with Crippen molar-refractivity contribution in [2.45, 2.75) is 26.7 Å². The number of carbonyl (C=O) groups excluding carboxylic acids is 3. The number of carbonyl (C=O) groups is 3. The number of amides is 2. The predicted molar refractivity (Wildman–Crippen MR) is 215 cm³/mol. The molecular weight excluding hydrogens is 1070 g/mol. The number of hydrogen-bond donors (Lipinski definition) is 0. The minimum absolute atomic E-state index is 0. The molecule has 0 saturated carbocycles. The first-order valence-corrected chi connectivity index (χ1v) is 17.7. The van der Waals surface area contributed by atoms with Gasteiger partial charge in [-0.1, -0.05) is 32.5 Å². The number of sulfone groups is 1. The summed E-state index contributed by atoms with van der Waals surface area (Å²) in [5.41, 5.74) is 3.29. The fraction of sp³-hybridized carbons (Fsp3) is 0.229. The topological polar surface area (TPSA) is 158 Å². The summed E-state index contributed by atoms with van der Waals surface area (Å²) in [6.07, 6.45) is 10.2. The average Bonchev–Trinajstić information content (AvgIpc) is 3.86. The number of benzene rings is 1. The molecule has 14 nitrogen and oxygen atoms in total. The molecule has 0 aliphatic rings. The molecule has 5 heterocycles. The molecule has 0 aliphatic heterocycles. The van der Waals surface area contributed by atoms with Crippen molar-refractivity contribution in [2.24, 2.45) is 0 Å². The largest absolute Gasteiger partial charge is 0.443 e. The van der Waals surface area contributed by atoms with Gasteiger partial charge in [-0.2, -0.15) is 0 Å². The van der Waals surface area contributed by atoms with Crippen molar-refractivity contribution in [1.82, 2.24) is 33.9 Å². The Bertz CT molecular complexity index is 2350. The second-order valence-corrected chi connectivity index (χ2v) is 14.8. The van der Waals surface area contributed by atoms with Gasteiger partial charge in [0.15, 0.2) is 18.4 Å². The molecule has 54 heavy (non-hydrogen) atoms. The number of aromatic nitrogens is 5. The first-order valence-electron chi connectivity index (χ1n) is 15.0. The Kier molecular flexibility index (Phi) is 19.3. The van der Waals surface area contributed by atoms with Crippen molar-refractivity contribution in [3.63, 3.8) is 0 Å². The van der Waals surface area contributed by atoms with Crippen LogP contribution in [-0.2, 0) is 9.84 Å². The van der Waals surface area contributed by atoms with E-state index in [1.165, 1.54) is 43.7 Å². The zero-order chi connectivity index (χ0) is 38.7. The van der Waals surface area contributed by atoms with Crippen LogP contribution in [0.3, 0.4) is 0 Å². The summed E-state index contributed by atoms with van der Waals surface area (Å²) in [6.45, 7) is 8.38. The van der Waals surface area contributed by atoms with Crippen LogP contribution in [0, 0.1) is 44.6 Å². The van der Waals surface area contributed by atoms with Crippen LogP contribution in [0.15, 0.2) is 92.0 Å². The van der Waals surface area contributed by atoms with Gasteiger partial charge in [-0.25, -0.2) is 39.5 Å². The van der Waals surface area contributed by atoms with E-state index in [0.29, 0.717) is 28.0 Å². The molecular formula is C35H39BBr2N8O6SU. The molecule has 6 aromatic rings. The number of nitrogens with zero attached hydrogens (tertiary/aromatic N) is 8. The Hall–Kier alpha value is -4.06. The van der Waals surface area contributed by atoms with Crippen LogP contribution in [0.1, 0.15) is 30.8 Å². The van der Waals surface area contributed by atoms with Gasteiger partial charge >= 0.3 is 17.9 Å². The summed E-state index contributed by atoms with van der Waals surface area (Å²) in [5.74, 6) is 0.121. The number of aryl methyl sites for hydroxylation is 1. The minimum atomic E-state index is -3.38. The van der Waals surface area contributed by atoms with E-state index in [-0.39, 0.29) is 62.9 Å². The Morgan fingerprint density at radius 1 is 0.926 bits per heavy atom. The second-order valence-electron chi connectivity index (χ2n) is 11.0. The smallest absolute Gasteiger partial charge is 0.329 e. The van der Waals surface area contributed by atoms with Crippen molar-refractivity contribution >= 4 is 90.5 Å². The van der Waals surface area contributed by atoms with Crippen LogP contribution >= 0.6 is 31.9 Å². The molecule has 0 unspecified atom stereocenters. The Morgan fingerprint density at radius 3 is 1.89 bits per heavy atom. The van der Waals surface area contributed by atoms with Gasteiger partial charge in [-0.15, -0.1) is 0 Å². The van der Waals surface area contributed by atoms with Crippen LogP contribution < -0.4 is 0 Å². The van der Waals surface area contributed by atoms with E-state index in [4.69, 9.17) is 12.3 Å². The summed E-state index contributed by atoms with van der Waals surface area (Å²) in [7, 11) is 7.05. The van der Waals surface area contributed by atoms with Crippen molar-refractivity contribution < 1.29 is 58.3 Å². The standard InChI is InChI=1S/C13H11BrN4O2.C11H10BrN3O2.C9H9NO2S.2CH4.BH.U/c1-17(2)13(19)18-6-10(11-5-15-7-20-11)9-3-8(14)4-16-12(9)18;1-14(2)11(17)15-5-7(6-16)9-3-8(12)4-13-10(9)15;1-8-3-5-9(6-4-8)13(11,12)7-10-2;;;;/h3-7H,1-2H3;3-6H,1-2H3;3-6H,7H2,1H3;2*1H4;1H;/i;;;;;1D;. The first-order chi connectivity index (χ1) is 24.7. The fourth-order valence-electron chi connectivity index (χ4n) is 4.45. The Morgan fingerprint density at radius 2 is 1.43 bits per heavy atom. The molecule has 0 atom stereocenters. The van der Waals surface area contributed by atoms with Crippen molar-refractivity contribution in [3.05, 3.63) is 105 Å². The predicted octanol–water partition coefficient (Wildman–Crippen LogP) is 7.39. The van der Waals surface area contributed by atoms with E-state index in [1.807, 2.05) is 13.0 Å². The van der Waals surface area contributed by atoms with E-state index in [9.17, 15) is 22.8 Å². The van der Waals surface area contributed by atoms with Crippen molar-refractivity contribution in [1.29, 1.82) is 1.34 Å². The third-order valence-corrected chi connectivity index (χ3v) is 9.19. The summed E-state index contributed by atoms with van der Waals surface area (Å²) in [6, 6.07) is 9.75. The molecule has 0 bridgehead atoms. The first kappa shape index (κ1) is 48.0. The van der Waals surface area contributed by atoms with Gasteiger partial charge in [0.1, 0.15) is 11.3 Å². The van der Waals surface area contributed by atoms with E-state index in [0.717, 1.165) is 31.7 Å². The molecule has 0 fully saturated rings. The normalized spacial score (nSPS) is 10.1. The van der Waals surface area contributed by atoms with Crippen molar-refractivity contribution in [2.75, 3.05) is 34.1 Å². The molecule has 0 spiro atoms. The molecule has 19 heteroatoms. The van der Waals surface area contributed by atoms with Crippen LogP contribution in [0.4, 0.5) is 9.59 Å². The molecule has 2 amide bonds. The number of aldehydes is 1. The molecule has 2 radical (unpaired) electrons. The third kappa shape index (κ3) is 11.7. The van der Waals surface area contributed by atoms with Crippen LogP contribution in [-0.4, -0.2) is 104 Å². The average molecular weight is 1110 g/mol. The maximum atomic E-state index is 12.2. The number of pyridine rings is 2. The van der Waals surface area contributed by atoms with E-state index in [1.54, 1.807) is 71.2 Å². The summed E-state index contributed by atoms with van der Waals surface area (Å²) < 4.78 is 37.7. The van der Waals surface area contributed by atoms with Gasteiger partial charge < -0.3 is 14.2 Å². The molecule has 0 aliphatic carbocycles. The number of rotatable bonds is 4. The summed E-state index contributed by atoms with van der Waals surface area (Å²) in [4.78, 5) is 53.5. The van der Waals surface area contributed by atoms with E-state index >= 15 is 0 Å². The second kappa shape index (κ2) is 21.7. The van der Waals surface area contributed by atoms with E-state index in [2.05, 4.69) is 60.0 Å². The maximum absolute atomic E-state index is 12.2. The molecule has 6 rings (SSSR count). The van der Waals surface area contributed by atoms with Gasteiger partial charge in [-0.3, -0.25) is 18.8 Å². The number of hydrogen-bond acceptors (Lipinski definition) is 9. The maximum Gasteiger partial charge on any atom is 0.329 e. The van der Waals surface area contributed by atoms with Gasteiger partial charge in [0.2, 0.25) is 0 Å². The Labute approximate surface area is 358 Å². The van der Waals surface area contributed by atoms with Crippen LogP contribution in [0.25, 0.3) is 38.2 Å². The van der Waals surface area contributed by atoms with Gasteiger partial charge in [0, 0.05) is 123 Å². The van der Waals surface area contributed by atoms with Gasteiger partial charge in [0.05, 0.1) is 11.1 Å². The van der Waals surface area contributed by atoms with Crippen LogP contribution in [0.5, 0.6) is 0 Å². The van der Waals surface area contributed by atoms with Crippen LogP contribution in [0.2, 0.25) is 0 Å². The minimum Gasteiger partial charge on any atom is -0.443 e. The number of fused-ring (bicyclic) bond motifs is 2. The number of halogens is 2. The monoisotopic (exact) mass is 1110 g/mol. The Balaban J connectivity index is 0.000000773. The van der Waals surface area contributed by atoms with Gasteiger partial charge in [-0.05, 0) is 64.4 Å². The zero-order valence-corrected chi connectivity index (χ0v) is 36.6. The molecule has 1 aromatic carbocycles. The molecule has 5 aromatic heterocycles. The number of oxazole rings is 1. The van der Waals surface area contributed by atoms with Gasteiger partial charge in [0.25, 0.3) is 9.84 Å². The van der Waals surface area contributed by atoms with E-state index < -0.39 is 15.7 Å². The molecule has 0 N–H and O–H groups in total. The zero-order valence-electron chi connectivity index (χ0n) is 29.5.